The number of pyridine rings is 1. The van der Waals surface area contributed by atoms with E-state index in [0.717, 1.165) is 30.3 Å². The Morgan fingerprint density at radius 3 is 2.84 bits per heavy atom. The second-order valence-electron chi connectivity index (χ2n) is 9.50. The molecule has 0 spiro atoms. The molecule has 3 aromatic rings. The van der Waals surface area contributed by atoms with Crippen molar-refractivity contribution in [1.29, 1.82) is 0 Å². The molecule has 1 aliphatic carbocycles. The topological polar surface area (TPSA) is 130 Å². The molecule has 1 aliphatic rings. The average molecular weight is 442 g/mol. The van der Waals surface area contributed by atoms with E-state index < -0.39 is 6.10 Å². The van der Waals surface area contributed by atoms with E-state index in [9.17, 15) is 9.90 Å². The number of ether oxygens (including phenoxy) is 1. The number of hydrogen-bond donors (Lipinski definition) is 4. The summed E-state index contributed by atoms with van der Waals surface area (Å²) in [7, 11) is 1.82. The number of hydrogen-bond acceptors (Lipinski definition) is 7. The van der Waals surface area contributed by atoms with Crippen LogP contribution in [0.15, 0.2) is 18.2 Å². The molecule has 0 saturated heterocycles. The first-order valence-corrected chi connectivity index (χ1v) is 10.9. The second-order valence-corrected chi connectivity index (χ2v) is 9.50. The number of nitrogens with one attached hydrogen (secondary N) is 3. The molecule has 3 aromatic heterocycles. The number of aryl methyl sites for hydroxylation is 1. The van der Waals surface area contributed by atoms with Crippen molar-refractivity contribution in [3.8, 4) is 0 Å². The number of rotatable bonds is 5. The summed E-state index contributed by atoms with van der Waals surface area (Å²) in [5.41, 5.74) is 1.97. The molecule has 1 fully saturated rings. The highest BCUT2D eigenvalue weighted by molar-refractivity contribution is 5.89. The molecule has 10 nitrogen and oxygen atoms in total. The highest BCUT2D eigenvalue weighted by Crippen LogP contribution is 2.36. The maximum absolute atomic E-state index is 12.0. The lowest BCUT2D eigenvalue weighted by Gasteiger charge is -2.22. The van der Waals surface area contributed by atoms with Crippen molar-refractivity contribution in [3.63, 3.8) is 0 Å². The van der Waals surface area contributed by atoms with E-state index in [0.29, 0.717) is 23.0 Å². The van der Waals surface area contributed by atoms with Crippen LogP contribution in [0.2, 0.25) is 0 Å². The summed E-state index contributed by atoms with van der Waals surface area (Å²) < 4.78 is 7.26. The summed E-state index contributed by atoms with van der Waals surface area (Å²) in [6, 6.07) is 5.67. The number of aromatic nitrogens is 5. The van der Waals surface area contributed by atoms with Gasteiger partial charge in [0.05, 0.1) is 17.2 Å². The Morgan fingerprint density at radius 2 is 2.12 bits per heavy atom. The van der Waals surface area contributed by atoms with Crippen LogP contribution in [0, 0.1) is 0 Å². The number of fused-ring (bicyclic) bond motifs is 1. The van der Waals surface area contributed by atoms with Gasteiger partial charge in [-0.1, -0.05) is 0 Å². The quantitative estimate of drug-likeness (QED) is 0.475. The van der Waals surface area contributed by atoms with Crippen LogP contribution in [0.5, 0.6) is 0 Å². The standard InChI is InChI=1S/C22H31N7O3/c1-12(30)16-9-8-15-19(28-29(5)20(15)23-16)24-18-11-17(26-27-18)13-6-7-14(10-13)32-21(31)25-22(2,3)4/h8-9,11-14,30H,6-7,10H2,1-5H3,(H,25,31)(H2,24,26,27,28)/t12-,13+,14-/m1/s1. The predicted molar refractivity (Wildman–Crippen MR) is 121 cm³/mol. The average Bonchev–Trinajstić information content (AvgIpc) is 3.40. The Bertz CT molecular complexity index is 1110. The maximum atomic E-state index is 12.0. The Balaban J connectivity index is 1.41. The van der Waals surface area contributed by atoms with Gasteiger partial charge < -0.3 is 20.5 Å². The summed E-state index contributed by atoms with van der Waals surface area (Å²) in [4.78, 5) is 16.5. The molecule has 0 unspecified atom stereocenters. The number of anilines is 2. The molecule has 4 N–H and O–H groups in total. The number of nitrogens with zero attached hydrogens (tertiary/aromatic N) is 4. The molecule has 0 bridgehead atoms. The van der Waals surface area contributed by atoms with Gasteiger partial charge >= 0.3 is 6.09 Å². The Morgan fingerprint density at radius 1 is 1.34 bits per heavy atom. The van der Waals surface area contributed by atoms with Gasteiger partial charge in [0.25, 0.3) is 0 Å². The van der Waals surface area contributed by atoms with Crippen LogP contribution < -0.4 is 10.6 Å². The number of alkyl carbamates (subject to hydrolysis) is 1. The largest absolute Gasteiger partial charge is 0.446 e. The van der Waals surface area contributed by atoms with Crippen molar-refractivity contribution in [2.75, 3.05) is 5.32 Å². The molecule has 0 aromatic carbocycles. The number of carbonyl (C=O) groups excluding carboxylic acids is 1. The van der Waals surface area contributed by atoms with Crippen LogP contribution in [-0.2, 0) is 11.8 Å². The number of H-pyrrole nitrogens is 1. The van der Waals surface area contributed by atoms with Crippen molar-refractivity contribution in [3.05, 3.63) is 29.6 Å². The summed E-state index contributed by atoms with van der Waals surface area (Å²) in [5.74, 6) is 1.56. The molecule has 4 rings (SSSR count). The van der Waals surface area contributed by atoms with Gasteiger partial charge in [0, 0.05) is 30.3 Å². The highest BCUT2D eigenvalue weighted by atomic mass is 16.6. The van der Waals surface area contributed by atoms with Crippen molar-refractivity contribution >= 4 is 28.8 Å². The van der Waals surface area contributed by atoms with Gasteiger partial charge in [0.15, 0.2) is 17.3 Å². The van der Waals surface area contributed by atoms with Crippen LogP contribution >= 0.6 is 0 Å². The molecular formula is C22H31N7O3. The van der Waals surface area contributed by atoms with E-state index in [-0.39, 0.29) is 23.7 Å². The minimum Gasteiger partial charge on any atom is -0.446 e. The monoisotopic (exact) mass is 441 g/mol. The lowest BCUT2D eigenvalue weighted by atomic mass is 10.0. The number of aromatic amines is 1. The van der Waals surface area contributed by atoms with Gasteiger partial charge in [-0.3, -0.25) is 5.10 Å². The molecule has 32 heavy (non-hydrogen) atoms. The van der Waals surface area contributed by atoms with Gasteiger partial charge in [-0.05, 0) is 59.1 Å². The SMILES string of the molecule is C[C@@H](O)c1ccc2c(Nc3cc([C@H]4CC[C@@H](OC(=O)NC(C)(C)C)C4)[nH]n3)nn(C)c2n1. The molecule has 3 atom stereocenters. The fourth-order valence-corrected chi connectivity index (χ4v) is 4.02. The molecule has 1 amide bonds. The van der Waals surface area contributed by atoms with Crippen molar-refractivity contribution in [2.24, 2.45) is 7.05 Å². The normalized spacial score (nSPS) is 19.8. The van der Waals surface area contributed by atoms with Crippen LogP contribution in [0.3, 0.4) is 0 Å². The Labute approximate surface area is 186 Å². The molecule has 10 heteroatoms. The zero-order valence-corrected chi connectivity index (χ0v) is 19.1. The fourth-order valence-electron chi connectivity index (χ4n) is 4.02. The molecule has 0 radical (unpaired) electrons. The Kier molecular flexibility index (Phi) is 5.81. The van der Waals surface area contributed by atoms with E-state index in [1.165, 1.54) is 0 Å². The number of amides is 1. The molecule has 3 heterocycles. The smallest absolute Gasteiger partial charge is 0.407 e. The van der Waals surface area contributed by atoms with E-state index in [2.05, 4.69) is 30.9 Å². The Hall–Kier alpha value is -3.14. The second kappa shape index (κ2) is 8.42. The van der Waals surface area contributed by atoms with Crippen LogP contribution in [0.25, 0.3) is 11.0 Å². The van der Waals surface area contributed by atoms with Gasteiger partial charge in [-0.25, -0.2) is 14.5 Å². The summed E-state index contributed by atoms with van der Waals surface area (Å²) in [6.07, 6.45) is 1.40. The van der Waals surface area contributed by atoms with Crippen LogP contribution in [-0.4, -0.2) is 47.8 Å². The molecule has 172 valence electrons. The van der Waals surface area contributed by atoms with Crippen molar-refractivity contribution in [1.82, 2.24) is 30.3 Å². The van der Waals surface area contributed by atoms with E-state index in [1.54, 1.807) is 17.7 Å². The first-order valence-electron chi connectivity index (χ1n) is 10.9. The highest BCUT2D eigenvalue weighted by Gasteiger charge is 2.30. The number of aliphatic hydroxyl groups is 1. The maximum Gasteiger partial charge on any atom is 0.407 e. The van der Waals surface area contributed by atoms with E-state index >= 15 is 0 Å². The van der Waals surface area contributed by atoms with E-state index in [1.807, 2.05) is 40.0 Å². The van der Waals surface area contributed by atoms with Crippen LogP contribution in [0.4, 0.5) is 16.4 Å². The van der Waals surface area contributed by atoms with Crippen molar-refractivity contribution in [2.45, 2.75) is 70.6 Å². The first kappa shape index (κ1) is 22.1. The molecule has 1 saturated carbocycles. The summed E-state index contributed by atoms with van der Waals surface area (Å²) in [6.45, 7) is 7.47. The first-order chi connectivity index (χ1) is 15.1. The minimum atomic E-state index is -0.640. The van der Waals surface area contributed by atoms with Crippen LogP contribution in [0.1, 0.15) is 70.4 Å². The van der Waals surface area contributed by atoms with Gasteiger partial charge in [-0.2, -0.15) is 10.2 Å². The predicted octanol–water partition coefficient (Wildman–Crippen LogP) is 3.65. The van der Waals surface area contributed by atoms with Gasteiger partial charge in [0.1, 0.15) is 6.10 Å². The fraction of sp³-hybridized carbons (Fsp3) is 0.545. The lowest BCUT2D eigenvalue weighted by molar-refractivity contribution is 0.0936. The number of aliphatic hydroxyl groups excluding tert-OH is 1. The van der Waals surface area contributed by atoms with Crippen molar-refractivity contribution < 1.29 is 14.6 Å². The van der Waals surface area contributed by atoms with E-state index in [4.69, 9.17) is 4.74 Å². The minimum absolute atomic E-state index is 0.101. The zero-order chi connectivity index (χ0) is 23.0. The van der Waals surface area contributed by atoms with Gasteiger partial charge in [0.2, 0.25) is 0 Å². The molecular weight excluding hydrogens is 410 g/mol. The van der Waals surface area contributed by atoms with Gasteiger partial charge in [-0.15, -0.1) is 0 Å². The number of carbonyl (C=O) groups is 1. The lowest BCUT2D eigenvalue weighted by Crippen LogP contribution is -2.42. The third-order valence-corrected chi connectivity index (χ3v) is 5.56. The zero-order valence-electron chi connectivity index (χ0n) is 19.1. The third kappa shape index (κ3) is 4.85. The third-order valence-electron chi connectivity index (χ3n) is 5.56. The molecule has 0 aliphatic heterocycles. The summed E-state index contributed by atoms with van der Waals surface area (Å²) >= 11 is 0. The summed E-state index contributed by atoms with van der Waals surface area (Å²) in [5, 5.41) is 28.7.